The lowest BCUT2D eigenvalue weighted by Gasteiger charge is -2.22. The van der Waals surface area contributed by atoms with Gasteiger partial charge >= 0.3 is 0 Å². The highest BCUT2D eigenvalue weighted by molar-refractivity contribution is 5.92. The number of amides is 1. The number of rotatable bonds is 1. The van der Waals surface area contributed by atoms with Crippen molar-refractivity contribution < 1.29 is 9.63 Å². The molecule has 0 saturated carbocycles. The predicted molar refractivity (Wildman–Crippen MR) is 48.8 cm³/mol. The van der Waals surface area contributed by atoms with Crippen molar-refractivity contribution in [3.63, 3.8) is 0 Å². The van der Waals surface area contributed by atoms with Crippen LogP contribution in [0, 0.1) is 0 Å². The van der Waals surface area contributed by atoms with Gasteiger partial charge < -0.3 is 4.84 Å². The Balaban J connectivity index is 2.26. The van der Waals surface area contributed by atoms with Gasteiger partial charge in [0.1, 0.15) is 6.26 Å². The van der Waals surface area contributed by atoms with E-state index >= 15 is 0 Å². The molecule has 1 aromatic rings. The van der Waals surface area contributed by atoms with Gasteiger partial charge in [0.2, 0.25) is 0 Å². The Hall–Kier alpha value is -1.77. The maximum absolute atomic E-state index is 11.3. The van der Waals surface area contributed by atoms with Crippen LogP contribution in [0.3, 0.4) is 0 Å². The van der Waals surface area contributed by atoms with E-state index in [1.807, 2.05) is 30.3 Å². The van der Waals surface area contributed by atoms with Crippen molar-refractivity contribution in [3.05, 3.63) is 42.7 Å². The monoisotopic (exact) mass is 175 g/mol. The van der Waals surface area contributed by atoms with Gasteiger partial charge in [-0.05, 0) is 18.2 Å². The lowest BCUT2D eigenvalue weighted by molar-refractivity contribution is -0.124. The first-order valence-electron chi connectivity index (χ1n) is 4.08. The van der Waals surface area contributed by atoms with Gasteiger partial charge in [-0.1, -0.05) is 18.2 Å². The molecule has 0 N–H and O–H groups in total. The van der Waals surface area contributed by atoms with E-state index in [1.165, 1.54) is 11.3 Å². The van der Waals surface area contributed by atoms with Crippen LogP contribution in [0.25, 0.3) is 0 Å². The maximum Gasteiger partial charge on any atom is 0.263 e. The quantitative estimate of drug-likeness (QED) is 0.652. The van der Waals surface area contributed by atoms with Gasteiger partial charge in [0.25, 0.3) is 5.91 Å². The average molecular weight is 175 g/mol. The topological polar surface area (TPSA) is 29.5 Å². The fourth-order valence-corrected chi connectivity index (χ4v) is 1.16. The molecule has 1 aliphatic heterocycles. The van der Waals surface area contributed by atoms with Crippen LogP contribution in [0.1, 0.15) is 6.42 Å². The number of para-hydroxylation sites is 1. The molecule has 1 heterocycles. The Labute approximate surface area is 76.2 Å². The van der Waals surface area contributed by atoms with Crippen molar-refractivity contribution in [3.8, 4) is 0 Å². The van der Waals surface area contributed by atoms with Crippen LogP contribution in [-0.2, 0) is 9.63 Å². The van der Waals surface area contributed by atoms with E-state index in [0.717, 1.165) is 5.69 Å². The summed E-state index contributed by atoms with van der Waals surface area (Å²) in [5, 5.41) is 1.29. The first kappa shape index (κ1) is 7.86. The minimum atomic E-state index is -0.0475. The van der Waals surface area contributed by atoms with Gasteiger partial charge in [-0.3, -0.25) is 4.79 Å². The molecule has 1 amide bonds. The summed E-state index contributed by atoms with van der Waals surface area (Å²) in [6, 6.07) is 9.29. The molecule has 0 atom stereocenters. The Morgan fingerprint density at radius 1 is 1.23 bits per heavy atom. The van der Waals surface area contributed by atoms with Crippen molar-refractivity contribution in [2.75, 3.05) is 5.06 Å². The van der Waals surface area contributed by atoms with Crippen LogP contribution < -0.4 is 5.06 Å². The number of anilines is 1. The zero-order valence-corrected chi connectivity index (χ0v) is 7.01. The fourth-order valence-electron chi connectivity index (χ4n) is 1.16. The second kappa shape index (κ2) is 3.31. The Morgan fingerprint density at radius 2 is 2.00 bits per heavy atom. The highest BCUT2D eigenvalue weighted by Gasteiger charge is 2.17. The minimum Gasteiger partial charge on any atom is -0.380 e. The average Bonchev–Trinajstić information content (AvgIpc) is 2.20. The van der Waals surface area contributed by atoms with Crippen molar-refractivity contribution in [1.29, 1.82) is 0 Å². The summed E-state index contributed by atoms with van der Waals surface area (Å²) in [6.07, 6.45) is 3.62. The van der Waals surface area contributed by atoms with E-state index < -0.39 is 0 Å². The van der Waals surface area contributed by atoms with E-state index in [2.05, 4.69) is 0 Å². The van der Waals surface area contributed by atoms with E-state index in [4.69, 9.17) is 4.84 Å². The Morgan fingerprint density at radius 3 is 2.69 bits per heavy atom. The summed E-state index contributed by atoms with van der Waals surface area (Å²) in [6.45, 7) is 0. The van der Waals surface area contributed by atoms with Gasteiger partial charge in [0, 0.05) is 0 Å². The smallest absolute Gasteiger partial charge is 0.263 e. The molecule has 0 saturated heterocycles. The molecule has 3 heteroatoms. The molecule has 0 spiro atoms. The molecule has 0 aromatic heterocycles. The number of hydrogen-bond donors (Lipinski definition) is 0. The molecule has 2 rings (SSSR count). The standard InChI is InChI=1S/C10H9NO2/c12-10-7-4-8-13-11(10)9-5-2-1-3-6-9/h1-6,8H,7H2. The van der Waals surface area contributed by atoms with Gasteiger partial charge in [0.05, 0.1) is 12.1 Å². The molecule has 1 aliphatic rings. The third-order valence-electron chi connectivity index (χ3n) is 1.77. The highest BCUT2D eigenvalue weighted by Crippen LogP contribution is 2.17. The molecular formula is C10H9NO2. The minimum absolute atomic E-state index is 0.0475. The number of carbonyl (C=O) groups excluding carboxylic acids is 1. The first-order chi connectivity index (χ1) is 6.38. The van der Waals surface area contributed by atoms with Gasteiger partial charge in [0.15, 0.2) is 0 Å². The zero-order chi connectivity index (χ0) is 9.10. The van der Waals surface area contributed by atoms with Crippen molar-refractivity contribution >= 4 is 11.6 Å². The van der Waals surface area contributed by atoms with E-state index in [-0.39, 0.29) is 5.91 Å². The van der Waals surface area contributed by atoms with Crippen molar-refractivity contribution in [2.45, 2.75) is 6.42 Å². The normalized spacial score (nSPS) is 15.7. The number of carbonyl (C=O) groups is 1. The van der Waals surface area contributed by atoms with Gasteiger partial charge in [-0.15, -0.1) is 5.06 Å². The molecule has 3 nitrogen and oxygen atoms in total. The van der Waals surface area contributed by atoms with E-state index in [9.17, 15) is 4.79 Å². The number of benzene rings is 1. The summed E-state index contributed by atoms with van der Waals surface area (Å²) < 4.78 is 0. The largest absolute Gasteiger partial charge is 0.380 e. The Kier molecular flexibility index (Phi) is 2.00. The van der Waals surface area contributed by atoms with Crippen LogP contribution >= 0.6 is 0 Å². The third kappa shape index (κ3) is 1.54. The molecule has 0 fully saturated rings. The summed E-state index contributed by atoms with van der Waals surface area (Å²) in [5.74, 6) is -0.0475. The summed E-state index contributed by atoms with van der Waals surface area (Å²) in [5.41, 5.74) is 0.761. The summed E-state index contributed by atoms with van der Waals surface area (Å²) >= 11 is 0. The lowest BCUT2D eigenvalue weighted by Crippen LogP contribution is -2.30. The number of hydrogen-bond acceptors (Lipinski definition) is 2. The van der Waals surface area contributed by atoms with Crippen LogP contribution in [0.15, 0.2) is 42.7 Å². The molecule has 66 valence electrons. The highest BCUT2D eigenvalue weighted by atomic mass is 16.7. The Bertz CT molecular complexity index is 332. The number of hydroxylamine groups is 1. The van der Waals surface area contributed by atoms with Crippen LogP contribution in [-0.4, -0.2) is 5.91 Å². The van der Waals surface area contributed by atoms with E-state index in [1.54, 1.807) is 6.08 Å². The van der Waals surface area contributed by atoms with Crippen LogP contribution in [0.2, 0.25) is 0 Å². The molecule has 0 unspecified atom stereocenters. The van der Waals surface area contributed by atoms with Crippen LogP contribution in [0.4, 0.5) is 5.69 Å². The van der Waals surface area contributed by atoms with Crippen molar-refractivity contribution in [2.24, 2.45) is 0 Å². The molecule has 13 heavy (non-hydrogen) atoms. The fraction of sp³-hybridized carbons (Fsp3) is 0.100. The number of nitrogens with zero attached hydrogens (tertiary/aromatic N) is 1. The second-order valence-corrected chi connectivity index (χ2v) is 2.70. The predicted octanol–water partition coefficient (Wildman–Crippen LogP) is 1.87. The third-order valence-corrected chi connectivity index (χ3v) is 1.77. The van der Waals surface area contributed by atoms with E-state index in [0.29, 0.717) is 6.42 Å². The van der Waals surface area contributed by atoms with Gasteiger partial charge in [-0.2, -0.15) is 0 Å². The molecule has 0 radical (unpaired) electrons. The lowest BCUT2D eigenvalue weighted by atomic mass is 10.3. The first-order valence-corrected chi connectivity index (χ1v) is 4.08. The molecule has 1 aromatic carbocycles. The van der Waals surface area contributed by atoms with Crippen LogP contribution in [0.5, 0.6) is 0 Å². The SMILES string of the molecule is O=C1CC=CON1c1ccccc1. The summed E-state index contributed by atoms with van der Waals surface area (Å²) in [4.78, 5) is 16.4. The molecule has 0 bridgehead atoms. The zero-order valence-electron chi connectivity index (χ0n) is 7.01. The maximum atomic E-state index is 11.3. The molecule has 0 aliphatic carbocycles. The molecular weight excluding hydrogens is 166 g/mol. The second-order valence-electron chi connectivity index (χ2n) is 2.70. The van der Waals surface area contributed by atoms with Gasteiger partial charge in [-0.25, -0.2) is 0 Å². The summed E-state index contributed by atoms with van der Waals surface area (Å²) in [7, 11) is 0. The van der Waals surface area contributed by atoms with Crippen molar-refractivity contribution in [1.82, 2.24) is 0 Å².